The molecule has 0 saturated heterocycles. The summed E-state index contributed by atoms with van der Waals surface area (Å²) in [5.41, 5.74) is 5.28. The van der Waals surface area contributed by atoms with Crippen LogP contribution < -0.4 is 10.6 Å². The third-order valence-electron chi connectivity index (χ3n) is 5.81. The molecule has 0 unspecified atom stereocenters. The van der Waals surface area contributed by atoms with E-state index in [9.17, 15) is 14.4 Å². The first kappa shape index (κ1) is 24.0. The van der Waals surface area contributed by atoms with Gasteiger partial charge in [0.15, 0.2) is 0 Å². The lowest BCUT2D eigenvalue weighted by Gasteiger charge is -2.20. The molecule has 1 aliphatic carbocycles. The fraction of sp³-hybridized carbons (Fsp3) is 0.222. The Morgan fingerprint density at radius 1 is 0.857 bits per heavy atom. The number of hydrogen-bond donors (Lipinski definition) is 3. The van der Waals surface area contributed by atoms with Gasteiger partial charge < -0.3 is 25.2 Å². The summed E-state index contributed by atoms with van der Waals surface area (Å²) >= 11 is 0. The van der Waals surface area contributed by atoms with Crippen molar-refractivity contribution in [2.45, 2.75) is 18.4 Å². The van der Waals surface area contributed by atoms with Crippen LogP contribution in [0.5, 0.6) is 0 Å². The molecule has 180 valence electrons. The van der Waals surface area contributed by atoms with Gasteiger partial charge in [-0.3, -0.25) is 4.79 Å². The summed E-state index contributed by atoms with van der Waals surface area (Å²) in [6, 6.07) is 24.4. The number of carbonyl (C=O) groups is 3. The van der Waals surface area contributed by atoms with Crippen molar-refractivity contribution in [3.05, 3.63) is 95.6 Å². The van der Waals surface area contributed by atoms with Crippen LogP contribution in [0.15, 0.2) is 78.9 Å². The summed E-state index contributed by atoms with van der Waals surface area (Å²) in [5, 5.41) is 13.8. The average Bonchev–Trinajstić information content (AvgIpc) is 3.19. The van der Waals surface area contributed by atoms with Gasteiger partial charge in [-0.2, -0.15) is 0 Å². The highest BCUT2D eigenvalue weighted by molar-refractivity contribution is 5.86. The van der Waals surface area contributed by atoms with Crippen molar-refractivity contribution in [1.82, 2.24) is 10.6 Å². The molecule has 0 aromatic heterocycles. The highest BCUT2D eigenvalue weighted by Crippen LogP contribution is 2.44. The van der Waals surface area contributed by atoms with Gasteiger partial charge >= 0.3 is 12.1 Å². The van der Waals surface area contributed by atoms with Crippen molar-refractivity contribution >= 4 is 18.0 Å². The Kier molecular flexibility index (Phi) is 7.74. The van der Waals surface area contributed by atoms with Gasteiger partial charge in [-0.1, -0.05) is 78.9 Å². The van der Waals surface area contributed by atoms with Gasteiger partial charge in [0.2, 0.25) is 5.91 Å². The van der Waals surface area contributed by atoms with E-state index in [2.05, 4.69) is 22.8 Å². The maximum atomic E-state index is 12.7. The SMILES string of the molecule is O=C(O)COCNC(=O)[C@@H](Cc1ccccc1)NC(=O)OCC1c2ccccc2-c2ccccc21. The lowest BCUT2D eigenvalue weighted by molar-refractivity contribution is -0.143. The molecule has 8 nitrogen and oxygen atoms in total. The van der Waals surface area contributed by atoms with E-state index in [1.54, 1.807) is 0 Å². The lowest BCUT2D eigenvalue weighted by atomic mass is 9.98. The summed E-state index contributed by atoms with van der Waals surface area (Å²) in [5.74, 6) is -1.75. The molecule has 3 aromatic rings. The number of ether oxygens (including phenoxy) is 2. The van der Waals surface area contributed by atoms with Crippen molar-refractivity contribution in [2.24, 2.45) is 0 Å². The van der Waals surface area contributed by atoms with Crippen LogP contribution in [0.1, 0.15) is 22.6 Å². The Labute approximate surface area is 202 Å². The first-order valence-electron chi connectivity index (χ1n) is 11.3. The monoisotopic (exact) mass is 474 g/mol. The second-order valence-corrected chi connectivity index (χ2v) is 8.14. The first-order valence-corrected chi connectivity index (χ1v) is 11.3. The van der Waals surface area contributed by atoms with Crippen LogP contribution in [0.2, 0.25) is 0 Å². The molecule has 35 heavy (non-hydrogen) atoms. The molecular formula is C27H26N2O6. The number of rotatable bonds is 10. The molecule has 0 spiro atoms. The minimum absolute atomic E-state index is 0.0982. The number of benzene rings is 3. The average molecular weight is 475 g/mol. The second kappa shape index (κ2) is 11.3. The number of carboxylic acid groups (broad SMARTS) is 1. The van der Waals surface area contributed by atoms with E-state index in [4.69, 9.17) is 14.6 Å². The Hall–Kier alpha value is -4.17. The Morgan fingerprint density at radius 2 is 1.46 bits per heavy atom. The van der Waals surface area contributed by atoms with Crippen molar-refractivity contribution in [1.29, 1.82) is 0 Å². The fourth-order valence-corrected chi connectivity index (χ4v) is 4.23. The van der Waals surface area contributed by atoms with E-state index in [0.717, 1.165) is 27.8 Å². The number of carboxylic acids is 1. The molecule has 0 saturated carbocycles. The topological polar surface area (TPSA) is 114 Å². The summed E-state index contributed by atoms with van der Waals surface area (Å²) in [4.78, 5) is 36.0. The van der Waals surface area contributed by atoms with Gasteiger partial charge in [0.1, 0.15) is 26.0 Å². The zero-order valence-electron chi connectivity index (χ0n) is 19.0. The van der Waals surface area contributed by atoms with Crippen molar-refractivity contribution in [2.75, 3.05) is 19.9 Å². The molecule has 3 N–H and O–H groups in total. The number of amides is 2. The predicted octanol–water partition coefficient (Wildman–Crippen LogP) is 3.31. The third kappa shape index (κ3) is 6.04. The van der Waals surface area contributed by atoms with Gasteiger partial charge in [0.25, 0.3) is 0 Å². The van der Waals surface area contributed by atoms with Crippen LogP contribution in [-0.4, -0.2) is 49.1 Å². The summed E-state index contributed by atoms with van der Waals surface area (Å²) in [6.45, 7) is -0.701. The minimum Gasteiger partial charge on any atom is -0.480 e. The number of hydrogen-bond acceptors (Lipinski definition) is 5. The van der Waals surface area contributed by atoms with Crippen molar-refractivity contribution in [3.8, 4) is 11.1 Å². The largest absolute Gasteiger partial charge is 0.480 e. The quantitative estimate of drug-likeness (QED) is 0.307. The first-order chi connectivity index (χ1) is 17.0. The van der Waals surface area contributed by atoms with Crippen LogP contribution in [0, 0.1) is 0 Å². The predicted molar refractivity (Wildman–Crippen MR) is 129 cm³/mol. The molecule has 0 aliphatic heterocycles. The van der Waals surface area contributed by atoms with Crippen molar-refractivity contribution in [3.63, 3.8) is 0 Å². The fourth-order valence-electron chi connectivity index (χ4n) is 4.23. The number of aliphatic carboxylic acids is 1. The van der Waals surface area contributed by atoms with E-state index >= 15 is 0 Å². The number of fused-ring (bicyclic) bond motifs is 3. The summed E-state index contributed by atoms with van der Waals surface area (Å²) < 4.78 is 10.5. The van der Waals surface area contributed by atoms with Crippen LogP contribution in [0.4, 0.5) is 4.79 Å². The molecule has 4 rings (SSSR count). The number of carbonyl (C=O) groups excluding carboxylic acids is 2. The van der Waals surface area contributed by atoms with E-state index in [-0.39, 0.29) is 25.7 Å². The summed E-state index contributed by atoms with van der Waals surface area (Å²) in [6.07, 6.45) is -0.482. The minimum atomic E-state index is -1.14. The Balaban J connectivity index is 1.40. The van der Waals surface area contributed by atoms with Crippen molar-refractivity contribution < 1.29 is 29.0 Å². The van der Waals surface area contributed by atoms with E-state index in [1.165, 1.54) is 0 Å². The maximum Gasteiger partial charge on any atom is 0.407 e. The van der Waals surface area contributed by atoms with Gasteiger partial charge in [-0.15, -0.1) is 0 Å². The molecule has 0 bridgehead atoms. The number of alkyl carbamates (subject to hydrolysis) is 1. The van der Waals surface area contributed by atoms with Gasteiger partial charge in [-0.25, -0.2) is 9.59 Å². The number of nitrogens with one attached hydrogen (secondary N) is 2. The van der Waals surface area contributed by atoms with Crippen LogP contribution >= 0.6 is 0 Å². The Bertz CT molecular complexity index is 1150. The van der Waals surface area contributed by atoms with Crippen LogP contribution in [0.25, 0.3) is 11.1 Å². The molecule has 0 heterocycles. The second-order valence-electron chi connectivity index (χ2n) is 8.14. The molecule has 3 aromatic carbocycles. The van der Waals surface area contributed by atoms with Crippen LogP contribution in [-0.2, 0) is 25.5 Å². The highest BCUT2D eigenvalue weighted by Gasteiger charge is 2.29. The maximum absolute atomic E-state index is 12.7. The smallest absolute Gasteiger partial charge is 0.407 e. The molecular weight excluding hydrogens is 448 g/mol. The molecule has 1 aliphatic rings. The normalized spacial score (nSPS) is 12.8. The zero-order valence-corrected chi connectivity index (χ0v) is 19.0. The third-order valence-corrected chi connectivity index (χ3v) is 5.81. The van der Waals surface area contributed by atoms with Gasteiger partial charge in [0.05, 0.1) is 0 Å². The molecule has 0 radical (unpaired) electrons. The molecule has 8 heteroatoms. The standard InChI is InChI=1S/C27H26N2O6/c30-25(31)16-34-17-28-26(32)24(14-18-8-2-1-3-9-18)29-27(33)35-15-23-21-12-6-4-10-19(21)20-11-5-7-13-22(20)23/h1-13,23-24H,14-17H2,(H,28,32)(H,29,33)(H,30,31)/t24-/m1/s1. The van der Waals surface area contributed by atoms with E-state index in [0.29, 0.717) is 0 Å². The lowest BCUT2D eigenvalue weighted by Crippen LogP contribution is -2.48. The molecule has 2 amide bonds. The van der Waals surface area contributed by atoms with E-state index in [1.807, 2.05) is 66.7 Å². The molecule has 1 atom stereocenters. The van der Waals surface area contributed by atoms with Gasteiger partial charge in [-0.05, 0) is 27.8 Å². The zero-order chi connectivity index (χ0) is 24.6. The summed E-state index contributed by atoms with van der Waals surface area (Å²) in [7, 11) is 0. The molecule has 0 fully saturated rings. The van der Waals surface area contributed by atoms with E-state index < -0.39 is 30.6 Å². The van der Waals surface area contributed by atoms with Crippen LogP contribution in [0.3, 0.4) is 0 Å². The Morgan fingerprint density at radius 3 is 2.09 bits per heavy atom. The van der Waals surface area contributed by atoms with Gasteiger partial charge in [0, 0.05) is 12.3 Å². The highest BCUT2D eigenvalue weighted by atomic mass is 16.5.